The van der Waals surface area contributed by atoms with Crippen LogP contribution >= 0.6 is 22.9 Å². The first kappa shape index (κ1) is 23.9. The minimum Gasteiger partial charge on any atom is -0.344 e. The second-order valence-electron chi connectivity index (χ2n) is 7.10. The molecule has 0 spiro atoms. The van der Waals surface area contributed by atoms with Gasteiger partial charge >= 0.3 is 0 Å². The van der Waals surface area contributed by atoms with Crippen molar-refractivity contribution in [3.05, 3.63) is 81.5 Å². The average molecular weight is 492 g/mol. The van der Waals surface area contributed by atoms with Gasteiger partial charge in [0, 0.05) is 17.6 Å². The topological polar surface area (TPSA) is 104 Å². The fourth-order valence-electron chi connectivity index (χ4n) is 3.00. The van der Waals surface area contributed by atoms with Crippen LogP contribution in [0.2, 0.25) is 5.02 Å². The molecule has 3 rings (SSSR count). The quantitative estimate of drug-likeness (QED) is 0.444. The van der Waals surface area contributed by atoms with E-state index in [1.54, 1.807) is 12.1 Å². The molecule has 1 unspecified atom stereocenters. The predicted molar refractivity (Wildman–Crippen MR) is 126 cm³/mol. The molecule has 0 saturated heterocycles. The SMILES string of the molecule is CC(=O)Nc1ccc(S(=O)(=O)N[C@@H](C)C(=O)NC(c2ccc(Cl)cc2)c2ccsc2)cc1. The second-order valence-corrected chi connectivity index (χ2v) is 10.0. The van der Waals surface area contributed by atoms with Crippen molar-refractivity contribution in [3.8, 4) is 0 Å². The maximum absolute atomic E-state index is 12.9. The highest BCUT2D eigenvalue weighted by Gasteiger charge is 2.25. The number of rotatable bonds is 8. The number of carbonyl (C=O) groups excluding carboxylic acids is 2. The minimum atomic E-state index is -3.95. The van der Waals surface area contributed by atoms with Crippen molar-refractivity contribution < 1.29 is 18.0 Å². The van der Waals surface area contributed by atoms with Gasteiger partial charge in [-0.15, -0.1) is 0 Å². The summed E-state index contributed by atoms with van der Waals surface area (Å²) in [4.78, 5) is 24.0. The molecule has 0 aliphatic heterocycles. The maximum Gasteiger partial charge on any atom is 0.241 e. The van der Waals surface area contributed by atoms with E-state index in [1.165, 1.54) is 49.4 Å². The van der Waals surface area contributed by atoms with Crippen molar-refractivity contribution in [2.24, 2.45) is 0 Å². The molecule has 0 aliphatic rings. The van der Waals surface area contributed by atoms with E-state index in [1.807, 2.05) is 29.0 Å². The highest BCUT2D eigenvalue weighted by Crippen LogP contribution is 2.25. The number of amides is 2. The third-order valence-corrected chi connectivity index (χ3v) is 7.09. The van der Waals surface area contributed by atoms with Crippen molar-refractivity contribution in [1.82, 2.24) is 10.0 Å². The van der Waals surface area contributed by atoms with E-state index in [0.717, 1.165) is 11.1 Å². The van der Waals surface area contributed by atoms with Crippen LogP contribution in [0.5, 0.6) is 0 Å². The number of halogens is 1. The van der Waals surface area contributed by atoms with Gasteiger partial charge < -0.3 is 10.6 Å². The Bertz CT molecular complexity index is 1180. The smallest absolute Gasteiger partial charge is 0.241 e. The fourth-order valence-corrected chi connectivity index (χ4v) is 5.01. The van der Waals surface area contributed by atoms with E-state index in [9.17, 15) is 18.0 Å². The Balaban J connectivity index is 1.73. The number of hydrogen-bond donors (Lipinski definition) is 3. The first-order valence-electron chi connectivity index (χ1n) is 9.63. The predicted octanol–water partition coefficient (Wildman–Crippen LogP) is 3.93. The number of nitrogens with one attached hydrogen (secondary N) is 3. The van der Waals surface area contributed by atoms with Crippen LogP contribution < -0.4 is 15.4 Å². The molecule has 0 saturated carbocycles. The summed E-state index contributed by atoms with van der Waals surface area (Å²) in [5, 5.41) is 9.88. The standard InChI is InChI=1S/C22H22ClN3O4S2/c1-14(26-32(29,30)20-9-7-19(8-10-20)24-15(2)27)22(28)25-21(17-11-12-31-13-17)16-3-5-18(23)6-4-16/h3-14,21,26H,1-2H3,(H,24,27)(H,25,28)/t14-,21?/m0/s1. The number of carbonyl (C=O) groups is 2. The molecule has 3 aromatic rings. The van der Waals surface area contributed by atoms with E-state index < -0.39 is 28.0 Å². The van der Waals surface area contributed by atoms with Gasteiger partial charge in [-0.1, -0.05) is 23.7 Å². The Morgan fingerprint density at radius 3 is 2.19 bits per heavy atom. The van der Waals surface area contributed by atoms with E-state index in [-0.39, 0.29) is 10.8 Å². The van der Waals surface area contributed by atoms with Gasteiger partial charge in [-0.25, -0.2) is 8.42 Å². The number of hydrogen-bond acceptors (Lipinski definition) is 5. The number of benzene rings is 2. The average Bonchev–Trinajstić information content (AvgIpc) is 3.27. The molecule has 0 fully saturated rings. The molecule has 2 aromatic carbocycles. The zero-order valence-corrected chi connectivity index (χ0v) is 19.7. The van der Waals surface area contributed by atoms with Gasteiger partial charge in [0.05, 0.1) is 17.0 Å². The van der Waals surface area contributed by atoms with Crippen LogP contribution in [0.15, 0.2) is 70.3 Å². The molecule has 168 valence electrons. The molecule has 7 nitrogen and oxygen atoms in total. The van der Waals surface area contributed by atoms with E-state index >= 15 is 0 Å². The Kier molecular flexibility index (Phi) is 7.68. The molecular formula is C22H22ClN3O4S2. The number of sulfonamides is 1. The van der Waals surface area contributed by atoms with Crippen molar-refractivity contribution >= 4 is 50.5 Å². The summed E-state index contributed by atoms with van der Waals surface area (Å²) in [6, 6.07) is 13.2. The lowest BCUT2D eigenvalue weighted by atomic mass is 10.0. The van der Waals surface area contributed by atoms with Gasteiger partial charge in [-0.3, -0.25) is 9.59 Å². The summed E-state index contributed by atoms with van der Waals surface area (Å²) in [5.74, 6) is -0.737. The third kappa shape index (κ3) is 6.17. The highest BCUT2D eigenvalue weighted by molar-refractivity contribution is 7.89. The van der Waals surface area contributed by atoms with Crippen molar-refractivity contribution in [3.63, 3.8) is 0 Å². The Morgan fingerprint density at radius 1 is 0.969 bits per heavy atom. The molecule has 1 heterocycles. The Labute approximate surface area is 195 Å². The molecular weight excluding hydrogens is 470 g/mol. The number of anilines is 1. The van der Waals surface area contributed by atoms with Crippen LogP contribution in [-0.4, -0.2) is 26.3 Å². The van der Waals surface area contributed by atoms with Crippen LogP contribution in [0.3, 0.4) is 0 Å². The molecule has 1 aromatic heterocycles. The second kappa shape index (κ2) is 10.3. The van der Waals surface area contributed by atoms with Gasteiger partial charge in [0.2, 0.25) is 21.8 Å². The molecule has 0 radical (unpaired) electrons. The molecule has 10 heteroatoms. The Hall–Kier alpha value is -2.72. The van der Waals surface area contributed by atoms with Crippen LogP contribution in [0, 0.1) is 0 Å². The summed E-state index contributed by atoms with van der Waals surface area (Å²) in [7, 11) is -3.95. The van der Waals surface area contributed by atoms with Crippen molar-refractivity contribution in [1.29, 1.82) is 0 Å². The largest absolute Gasteiger partial charge is 0.344 e. The molecule has 0 bridgehead atoms. The molecule has 3 N–H and O–H groups in total. The number of thiophene rings is 1. The summed E-state index contributed by atoms with van der Waals surface area (Å²) in [6.45, 7) is 2.84. The van der Waals surface area contributed by atoms with Gasteiger partial charge in [-0.05, 0) is 71.3 Å². The summed E-state index contributed by atoms with van der Waals surface area (Å²) >= 11 is 7.48. The van der Waals surface area contributed by atoms with E-state index in [4.69, 9.17) is 11.6 Å². The van der Waals surface area contributed by atoms with Crippen LogP contribution in [0.4, 0.5) is 5.69 Å². The highest BCUT2D eigenvalue weighted by atomic mass is 35.5. The maximum atomic E-state index is 12.9. The minimum absolute atomic E-state index is 0.0154. The monoisotopic (exact) mass is 491 g/mol. The molecule has 32 heavy (non-hydrogen) atoms. The fraction of sp³-hybridized carbons (Fsp3) is 0.182. The Morgan fingerprint density at radius 2 is 1.62 bits per heavy atom. The first-order chi connectivity index (χ1) is 15.2. The van der Waals surface area contributed by atoms with Crippen LogP contribution in [0.25, 0.3) is 0 Å². The lowest BCUT2D eigenvalue weighted by Crippen LogP contribution is -2.45. The van der Waals surface area contributed by atoms with Crippen molar-refractivity contribution in [2.75, 3.05) is 5.32 Å². The molecule has 2 atom stereocenters. The first-order valence-corrected chi connectivity index (χ1v) is 12.4. The van der Waals surface area contributed by atoms with Crippen molar-refractivity contribution in [2.45, 2.75) is 30.8 Å². The van der Waals surface area contributed by atoms with Crippen LogP contribution in [0.1, 0.15) is 31.0 Å². The van der Waals surface area contributed by atoms with Gasteiger partial charge in [0.25, 0.3) is 0 Å². The van der Waals surface area contributed by atoms with E-state index in [2.05, 4.69) is 15.4 Å². The molecule has 0 aliphatic carbocycles. The van der Waals surface area contributed by atoms with Gasteiger partial charge in [0.1, 0.15) is 0 Å². The zero-order chi connectivity index (χ0) is 23.3. The normalized spacial score (nSPS) is 13.2. The molecule has 2 amide bonds. The van der Waals surface area contributed by atoms with Gasteiger partial charge in [-0.2, -0.15) is 16.1 Å². The van der Waals surface area contributed by atoms with Crippen LogP contribution in [-0.2, 0) is 19.6 Å². The van der Waals surface area contributed by atoms with Gasteiger partial charge in [0.15, 0.2) is 0 Å². The zero-order valence-electron chi connectivity index (χ0n) is 17.3. The lowest BCUT2D eigenvalue weighted by molar-refractivity contribution is -0.122. The summed E-state index contributed by atoms with van der Waals surface area (Å²) in [5.41, 5.74) is 2.18. The summed E-state index contributed by atoms with van der Waals surface area (Å²) in [6.07, 6.45) is 0. The third-order valence-electron chi connectivity index (χ3n) is 4.58. The van der Waals surface area contributed by atoms with E-state index in [0.29, 0.717) is 10.7 Å². The summed E-state index contributed by atoms with van der Waals surface area (Å²) < 4.78 is 27.8. The lowest BCUT2D eigenvalue weighted by Gasteiger charge is -2.22.